The summed E-state index contributed by atoms with van der Waals surface area (Å²) >= 11 is 0. The molecule has 2 aliphatic carbocycles. The summed E-state index contributed by atoms with van der Waals surface area (Å²) in [5, 5.41) is 0. The monoisotopic (exact) mass is 243 g/mol. The van der Waals surface area contributed by atoms with Crippen LogP contribution in [0.2, 0.25) is 0 Å². The number of hydrogen-bond acceptors (Lipinski definition) is 4. The van der Waals surface area contributed by atoms with E-state index in [1.807, 2.05) is 18.2 Å². The van der Waals surface area contributed by atoms with E-state index >= 15 is 0 Å². The van der Waals surface area contributed by atoms with Crippen molar-refractivity contribution in [1.29, 1.82) is 0 Å². The molecule has 0 aliphatic heterocycles. The molecule has 0 radical (unpaired) electrons. The molecule has 2 fully saturated rings. The number of aromatic nitrogens is 1. The van der Waals surface area contributed by atoms with Crippen LogP contribution in [0, 0.1) is 5.92 Å². The fourth-order valence-electron chi connectivity index (χ4n) is 2.43. The Morgan fingerprint density at radius 3 is 2.78 bits per heavy atom. The van der Waals surface area contributed by atoms with Gasteiger partial charge in [-0.3, -0.25) is 0 Å². The van der Waals surface area contributed by atoms with Crippen molar-refractivity contribution in [1.82, 2.24) is 4.98 Å². The predicted octanol–water partition coefficient (Wildman–Crippen LogP) is 2.79. The minimum atomic E-state index is 0.639. The number of oxazole rings is 1. The maximum absolute atomic E-state index is 5.93. The molecule has 2 aliphatic rings. The molecule has 1 aromatic heterocycles. The zero-order valence-electron chi connectivity index (χ0n) is 10.3. The van der Waals surface area contributed by atoms with Gasteiger partial charge in [0.05, 0.1) is 5.69 Å². The number of benzene rings is 1. The van der Waals surface area contributed by atoms with E-state index in [0.29, 0.717) is 11.7 Å². The van der Waals surface area contributed by atoms with E-state index in [1.165, 1.54) is 25.7 Å². The zero-order valence-corrected chi connectivity index (χ0v) is 10.3. The van der Waals surface area contributed by atoms with E-state index in [9.17, 15) is 0 Å². The molecule has 0 amide bonds. The Morgan fingerprint density at radius 1 is 1.28 bits per heavy atom. The van der Waals surface area contributed by atoms with Gasteiger partial charge in [-0.2, -0.15) is 4.98 Å². The minimum Gasteiger partial charge on any atom is -0.423 e. The highest BCUT2D eigenvalue weighted by atomic mass is 16.4. The summed E-state index contributed by atoms with van der Waals surface area (Å²) in [6, 6.07) is 7.12. The summed E-state index contributed by atoms with van der Waals surface area (Å²) in [7, 11) is 0. The van der Waals surface area contributed by atoms with Crippen LogP contribution in [0.4, 0.5) is 11.7 Å². The van der Waals surface area contributed by atoms with E-state index in [0.717, 1.165) is 29.6 Å². The lowest BCUT2D eigenvalue weighted by molar-refractivity contribution is 0.553. The maximum atomic E-state index is 5.93. The molecular weight excluding hydrogens is 226 g/mol. The van der Waals surface area contributed by atoms with Crippen molar-refractivity contribution in [3.8, 4) is 0 Å². The number of nitrogen functional groups attached to an aromatic ring is 1. The summed E-state index contributed by atoms with van der Waals surface area (Å²) in [4.78, 5) is 6.93. The first kappa shape index (κ1) is 10.2. The average molecular weight is 243 g/mol. The number of rotatable bonds is 4. The molecule has 4 heteroatoms. The zero-order chi connectivity index (χ0) is 12.1. The maximum Gasteiger partial charge on any atom is 0.298 e. The third-order valence-electron chi connectivity index (χ3n) is 3.82. The highest BCUT2D eigenvalue weighted by Crippen LogP contribution is 2.38. The number of hydrogen-bond donors (Lipinski definition) is 1. The standard InChI is InChI=1S/C14H17N3O/c15-11-2-1-3-12-13(11)16-14(18-12)17(10-6-7-10)8-9-4-5-9/h1-3,9-10H,4-8,15H2. The number of nitrogens with zero attached hydrogens (tertiary/aromatic N) is 2. The molecule has 4 nitrogen and oxygen atoms in total. The Hall–Kier alpha value is -1.71. The molecular formula is C14H17N3O. The van der Waals surface area contributed by atoms with E-state index in [-0.39, 0.29) is 0 Å². The van der Waals surface area contributed by atoms with Crippen molar-refractivity contribution in [2.24, 2.45) is 5.92 Å². The van der Waals surface area contributed by atoms with Crippen molar-refractivity contribution < 1.29 is 4.42 Å². The van der Waals surface area contributed by atoms with Gasteiger partial charge >= 0.3 is 0 Å². The van der Waals surface area contributed by atoms with E-state index < -0.39 is 0 Å². The van der Waals surface area contributed by atoms with Crippen molar-refractivity contribution in [2.45, 2.75) is 31.7 Å². The number of fused-ring (bicyclic) bond motifs is 1. The van der Waals surface area contributed by atoms with Crippen LogP contribution in [-0.4, -0.2) is 17.6 Å². The molecule has 18 heavy (non-hydrogen) atoms. The van der Waals surface area contributed by atoms with Crippen LogP contribution < -0.4 is 10.6 Å². The molecule has 0 unspecified atom stereocenters. The molecule has 2 N–H and O–H groups in total. The lowest BCUT2D eigenvalue weighted by Crippen LogP contribution is -2.28. The molecule has 1 heterocycles. The van der Waals surface area contributed by atoms with Crippen molar-refractivity contribution in [2.75, 3.05) is 17.2 Å². The average Bonchev–Trinajstić information content (AvgIpc) is 3.25. The Bertz CT molecular complexity index is 584. The molecule has 94 valence electrons. The smallest absolute Gasteiger partial charge is 0.298 e. The Labute approximate surface area is 106 Å². The highest BCUT2D eigenvalue weighted by molar-refractivity contribution is 5.86. The van der Waals surface area contributed by atoms with Gasteiger partial charge in [0.15, 0.2) is 5.58 Å². The molecule has 2 aromatic rings. The fourth-order valence-corrected chi connectivity index (χ4v) is 2.43. The first-order valence-corrected chi connectivity index (χ1v) is 6.73. The second-order valence-electron chi connectivity index (χ2n) is 5.52. The third-order valence-corrected chi connectivity index (χ3v) is 3.82. The summed E-state index contributed by atoms with van der Waals surface area (Å²) < 4.78 is 5.88. The molecule has 0 bridgehead atoms. The first-order valence-electron chi connectivity index (χ1n) is 6.73. The van der Waals surface area contributed by atoms with Gasteiger partial charge in [0.2, 0.25) is 0 Å². The van der Waals surface area contributed by atoms with Gasteiger partial charge in [0.1, 0.15) is 5.52 Å². The summed E-state index contributed by atoms with van der Waals surface area (Å²) in [6.45, 7) is 1.09. The second kappa shape index (κ2) is 3.64. The van der Waals surface area contributed by atoms with Gasteiger partial charge in [0, 0.05) is 12.6 Å². The molecule has 4 rings (SSSR count). The first-order chi connectivity index (χ1) is 8.81. The van der Waals surface area contributed by atoms with Gasteiger partial charge in [-0.1, -0.05) is 6.07 Å². The topological polar surface area (TPSA) is 55.3 Å². The van der Waals surface area contributed by atoms with Gasteiger partial charge in [-0.15, -0.1) is 0 Å². The van der Waals surface area contributed by atoms with Crippen LogP contribution in [-0.2, 0) is 0 Å². The lowest BCUT2D eigenvalue weighted by Gasteiger charge is -2.19. The van der Waals surface area contributed by atoms with Gasteiger partial charge in [0.25, 0.3) is 6.01 Å². The minimum absolute atomic E-state index is 0.639. The fraction of sp³-hybridized carbons (Fsp3) is 0.500. The Balaban J connectivity index is 1.72. The van der Waals surface area contributed by atoms with Crippen LogP contribution in [0.3, 0.4) is 0 Å². The number of para-hydroxylation sites is 1. The predicted molar refractivity (Wildman–Crippen MR) is 71.5 cm³/mol. The normalized spacial score (nSPS) is 19.3. The number of anilines is 2. The largest absolute Gasteiger partial charge is 0.423 e. The quantitative estimate of drug-likeness (QED) is 0.839. The molecule has 0 atom stereocenters. The Morgan fingerprint density at radius 2 is 2.11 bits per heavy atom. The van der Waals surface area contributed by atoms with Gasteiger partial charge in [-0.25, -0.2) is 0 Å². The van der Waals surface area contributed by atoms with Crippen LogP contribution in [0.15, 0.2) is 22.6 Å². The van der Waals surface area contributed by atoms with Crippen LogP contribution >= 0.6 is 0 Å². The SMILES string of the molecule is Nc1cccc2oc(N(CC3CC3)C3CC3)nc12. The Kier molecular flexibility index (Phi) is 2.07. The summed E-state index contributed by atoms with van der Waals surface area (Å²) in [5.74, 6) is 0.845. The van der Waals surface area contributed by atoms with Gasteiger partial charge in [-0.05, 0) is 43.7 Å². The van der Waals surface area contributed by atoms with Crippen LogP contribution in [0.5, 0.6) is 0 Å². The second-order valence-corrected chi connectivity index (χ2v) is 5.52. The van der Waals surface area contributed by atoms with E-state index in [4.69, 9.17) is 10.2 Å². The van der Waals surface area contributed by atoms with Crippen molar-refractivity contribution in [3.63, 3.8) is 0 Å². The van der Waals surface area contributed by atoms with Crippen LogP contribution in [0.1, 0.15) is 25.7 Å². The lowest BCUT2D eigenvalue weighted by atomic mass is 10.3. The van der Waals surface area contributed by atoms with E-state index in [2.05, 4.69) is 9.88 Å². The summed E-state index contributed by atoms with van der Waals surface area (Å²) in [6.07, 6.45) is 5.24. The van der Waals surface area contributed by atoms with Crippen LogP contribution in [0.25, 0.3) is 11.1 Å². The van der Waals surface area contributed by atoms with Crippen molar-refractivity contribution >= 4 is 22.8 Å². The highest BCUT2D eigenvalue weighted by Gasteiger charge is 2.36. The molecule has 0 spiro atoms. The van der Waals surface area contributed by atoms with Crippen molar-refractivity contribution in [3.05, 3.63) is 18.2 Å². The third kappa shape index (κ3) is 1.72. The molecule has 0 saturated heterocycles. The summed E-state index contributed by atoms with van der Waals surface area (Å²) in [5.41, 5.74) is 8.23. The number of nitrogens with two attached hydrogens (primary N) is 1. The molecule has 1 aromatic carbocycles. The van der Waals surface area contributed by atoms with Gasteiger partial charge < -0.3 is 15.1 Å². The van der Waals surface area contributed by atoms with E-state index in [1.54, 1.807) is 0 Å². The molecule has 2 saturated carbocycles.